The molecule has 74 valence electrons. The highest BCUT2D eigenvalue weighted by Crippen LogP contribution is 2.19. The molecule has 12 heavy (non-hydrogen) atoms. The molecule has 0 aromatic heterocycles. The third-order valence-electron chi connectivity index (χ3n) is 2.22. The molecule has 3 N–H and O–H groups in total. The van der Waals surface area contributed by atoms with E-state index >= 15 is 0 Å². The van der Waals surface area contributed by atoms with Gasteiger partial charge in [0.2, 0.25) is 0 Å². The minimum Gasteiger partial charge on any atom is -0.392 e. The van der Waals surface area contributed by atoms with Gasteiger partial charge in [0.25, 0.3) is 0 Å². The van der Waals surface area contributed by atoms with Gasteiger partial charge in [-0.2, -0.15) is 0 Å². The molecule has 3 nitrogen and oxygen atoms in total. The monoisotopic (exact) mass is 195 g/mol. The van der Waals surface area contributed by atoms with E-state index in [1.165, 1.54) is 0 Å². The summed E-state index contributed by atoms with van der Waals surface area (Å²) >= 11 is 0. The van der Waals surface area contributed by atoms with Crippen LogP contribution in [0, 0.1) is 5.92 Å². The standard InChI is InChI=1S/C8H17NO2.ClH/c9-6-8(10)5-7-1-3-11-4-2-7;/h7-8,10H,1-6,9H2;1H. The summed E-state index contributed by atoms with van der Waals surface area (Å²) in [7, 11) is 0. The Labute approximate surface area is 79.7 Å². The quantitative estimate of drug-likeness (QED) is 0.692. The Kier molecular flexibility index (Phi) is 6.76. The molecule has 1 unspecified atom stereocenters. The van der Waals surface area contributed by atoms with Crippen molar-refractivity contribution in [3.05, 3.63) is 0 Å². The smallest absolute Gasteiger partial charge is 0.0665 e. The number of aliphatic hydroxyl groups is 1. The Bertz CT molecular complexity index is 107. The molecule has 1 saturated heterocycles. The highest BCUT2D eigenvalue weighted by atomic mass is 35.5. The van der Waals surface area contributed by atoms with Crippen molar-refractivity contribution in [2.24, 2.45) is 11.7 Å². The number of aliphatic hydroxyl groups excluding tert-OH is 1. The zero-order valence-corrected chi connectivity index (χ0v) is 8.05. The van der Waals surface area contributed by atoms with Crippen LogP contribution in [0.3, 0.4) is 0 Å². The zero-order chi connectivity index (χ0) is 8.10. The van der Waals surface area contributed by atoms with E-state index in [0.717, 1.165) is 32.5 Å². The molecule has 0 aromatic carbocycles. The maximum Gasteiger partial charge on any atom is 0.0665 e. The van der Waals surface area contributed by atoms with Crippen LogP contribution in [0.4, 0.5) is 0 Å². The van der Waals surface area contributed by atoms with Crippen molar-refractivity contribution in [2.75, 3.05) is 19.8 Å². The van der Waals surface area contributed by atoms with E-state index in [2.05, 4.69) is 0 Å². The molecule has 1 aliphatic heterocycles. The average Bonchev–Trinajstić information content (AvgIpc) is 2.06. The highest BCUT2D eigenvalue weighted by molar-refractivity contribution is 5.85. The van der Waals surface area contributed by atoms with Gasteiger partial charge >= 0.3 is 0 Å². The van der Waals surface area contributed by atoms with Gasteiger partial charge in [-0.3, -0.25) is 0 Å². The number of halogens is 1. The lowest BCUT2D eigenvalue weighted by molar-refractivity contribution is 0.0454. The van der Waals surface area contributed by atoms with E-state index in [4.69, 9.17) is 10.5 Å². The zero-order valence-electron chi connectivity index (χ0n) is 7.24. The van der Waals surface area contributed by atoms with Crippen LogP contribution in [0.25, 0.3) is 0 Å². The largest absolute Gasteiger partial charge is 0.392 e. The van der Waals surface area contributed by atoms with Crippen LogP contribution in [0.2, 0.25) is 0 Å². The van der Waals surface area contributed by atoms with Gasteiger partial charge in [0, 0.05) is 19.8 Å². The summed E-state index contributed by atoms with van der Waals surface area (Å²) in [4.78, 5) is 0. The fourth-order valence-electron chi connectivity index (χ4n) is 1.46. The molecule has 0 spiro atoms. The van der Waals surface area contributed by atoms with Gasteiger partial charge in [0.1, 0.15) is 0 Å². The second-order valence-electron chi connectivity index (χ2n) is 3.18. The summed E-state index contributed by atoms with van der Waals surface area (Å²) in [5, 5.41) is 9.24. The number of rotatable bonds is 3. The van der Waals surface area contributed by atoms with Crippen LogP contribution in [0.5, 0.6) is 0 Å². The molecular formula is C8H18ClNO2. The van der Waals surface area contributed by atoms with Crippen molar-refractivity contribution in [3.8, 4) is 0 Å². The van der Waals surface area contributed by atoms with Crippen molar-refractivity contribution in [1.29, 1.82) is 0 Å². The molecule has 1 fully saturated rings. The third kappa shape index (κ3) is 4.26. The first kappa shape index (κ1) is 12.2. The molecule has 1 atom stereocenters. The van der Waals surface area contributed by atoms with Crippen LogP contribution in [0.15, 0.2) is 0 Å². The normalized spacial score (nSPS) is 21.5. The molecule has 0 amide bonds. The Hall–Kier alpha value is 0.170. The van der Waals surface area contributed by atoms with E-state index in [0.29, 0.717) is 12.5 Å². The lowest BCUT2D eigenvalue weighted by atomic mass is 9.94. The lowest BCUT2D eigenvalue weighted by Gasteiger charge is -2.23. The third-order valence-corrected chi connectivity index (χ3v) is 2.22. The van der Waals surface area contributed by atoms with E-state index in [-0.39, 0.29) is 18.5 Å². The van der Waals surface area contributed by atoms with Gasteiger partial charge in [0.15, 0.2) is 0 Å². The minimum absolute atomic E-state index is 0. The van der Waals surface area contributed by atoms with E-state index in [1.54, 1.807) is 0 Å². The molecule has 4 heteroatoms. The van der Waals surface area contributed by atoms with Gasteiger partial charge in [-0.05, 0) is 25.2 Å². The molecule has 0 aliphatic carbocycles. The minimum atomic E-state index is -0.307. The van der Waals surface area contributed by atoms with Gasteiger partial charge in [-0.1, -0.05) is 0 Å². The first-order valence-electron chi connectivity index (χ1n) is 4.29. The highest BCUT2D eigenvalue weighted by Gasteiger charge is 2.16. The molecular weight excluding hydrogens is 178 g/mol. The van der Waals surface area contributed by atoms with Crippen molar-refractivity contribution in [2.45, 2.75) is 25.4 Å². The summed E-state index contributed by atoms with van der Waals surface area (Å²) in [5.41, 5.74) is 5.31. The summed E-state index contributed by atoms with van der Waals surface area (Å²) in [6.07, 6.45) is 2.70. The number of hydrogen-bond donors (Lipinski definition) is 2. The van der Waals surface area contributed by atoms with Crippen LogP contribution in [0.1, 0.15) is 19.3 Å². The molecule has 1 heterocycles. The van der Waals surface area contributed by atoms with Crippen molar-refractivity contribution < 1.29 is 9.84 Å². The van der Waals surface area contributed by atoms with Crippen molar-refractivity contribution in [3.63, 3.8) is 0 Å². The molecule has 1 aliphatic rings. The fourth-order valence-corrected chi connectivity index (χ4v) is 1.46. The average molecular weight is 196 g/mol. The number of hydrogen-bond acceptors (Lipinski definition) is 3. The SMILES string of the molecule is Cl.NCC(O)CC1CCOCC1. The summed E-state index contributed by atoms with van der Waals surface area (Å²) in [5.74, 6) is 0.627. The van der Waals surface area contributed by atoms with Gasteiger partial charge in [-0.25, -0.2) is 0 Å². The molecule has 1 rings (SSSR count). The first-order valence-corrected chi connectivity index (χ1v) is 4.29. The van der Waals surface area contributed by atoms with Crippen LogP contribution < -0.4 is 5.73 Å². The Morgan fingerprint density at radius 1 is 1.42 bits per heavy atom. The second kappa shape index (κ2) is 6.66. The van der Waals surface area contributed by atoms with Crippen LogP contribution >= 0.6 is 12.4 Å². The predicted octanol–water partition coefficient (Wildman–Crippen LogP) is 0.544. The van der Waals surface area contributed by atoms with E-state index in [1.807, 2.05) is 0 Å². The summed E-state index contributed by atoms with van der Waals surface area (Å²) in [6, 6.07) is 0. The van der Waals surface area contributed by atoms with Gasteiger partial charge in [0.05, 0.1) is 6.10 Å². The summed E-state index contributed by atoms with van der Waals surface area (Å²) < 4.78 is 5.20. The lowest BCUT2D eigenvalue weighted by Crippen LogP contribution is -2.26. The van der Waals surface area contributed by atoms with Gasteiger partial charge < -0.3 is 15.6 Å². The Morgan fingerprint density at radius 3 is 2.50 bits per heavy atom. The second-order valence-corrected chi connectivity index (χ2v) is 3.18. The topological polar surface area (TPSA) is 55.5 Å². The predicted molar refractivity (Wildman–Crippen MR) is 50.5 cm³/mol. The van der Waals surface area contributed by atoms with Gasteiger partial charge in [-0.15, -0.1) is 12.4 Å². The number of nitrogens with two attached hydrogens (primary N) is 1. The van der Waals surface area contributed by atoms with Crippen LogP contribution in [-0.2, 0) is 4.74 Å². The van der Waals surface area contributed by atoms with E-state index < -0.39 is 0 Å². The molecule has 0 radical (unpaired) electrons. The molecule has 0 aromatic rings. The Balaban J connectivity index is 0.00000121. The summed E-state index contributed by atoms with van der Waals surface area (Å²) in [6.45, 7) is 2.08. The van der Waals surface area contributed by atoms with Crippen molar-refractivity contribution >= 4 is 12.4 Å². The molecule has 0 bridgehead atoms. The Morgan fingerprint density at radius 2 is 2.00 bits per heavy atom. The number of ether oxygens (including phenoxy) is 1. The fraction of sp³-hybridized carbons (Fsp3) is 1.00. The van der Waals surface area contributed by atoms with E-state index in [9.17, 15) is 5.11 Å². The van der Waals surface area contributed by atoms with Crippen LogP contribution in [-0.4, -0.2) is 31.0 Å². The maximum atomic E-state index is 9.24. The first-order chi connectivity index (χ1) is 5.33. The molecule has 0 saturated carbocycles. The van der Waals surface area contributed by atoms with Crippen molar-refractivity contribution in [1.82, 2.24) is 0 Å². The maximum absolute atomic E-state index is 9.24.